The summed E-state index contributed by atoms with van der Waals surface area (Å²) >= 11 is 0. The predicted octanol–water partition coefficient (Wildman–Crippen LogP) is 16.1. The minimum Gasteiger partial charge on any atom is -0.456 e. The molecular weight excluding hydrogens is 705 g/mol. The molecule has 0 saturated heterocycles. The van der Waals surface area contributed by atoms with Gasteiger partial charge < -0.3 is 8.83 Å². The molecule has 0 unspecified atom stereocenters. The Hall–Kier alpha value is -7.68. The summed E-state index contributed by atoms with van der Waals surface area (Å²) < 4.78 is 12.4. The Morgan fingerprint density at radius 2 is 0.552 bits per heavy atom. The zero-order valence-corrected chi connectivity index (χ0v) is 31.4. The lowest BCUT2D eigenvalue weighted by atomic mass is 9.84. The van der Waals surface area contributed by atoms with Gasteiger partial charge in [0.05, 0.1) is 0 Å². The average molecular weight is 739 g/mol. The van der Waals surface area contributed by atoms with Crippen LogP contribution in [0.2, 0.25) is 0 Å². The Morgan fingerprint density at radius 3 is 1.12 bits per heavy atom. The highest BCUT2D eigenvalue weighted by molar-refractivity contribution is 6.22. The molecule has 10 aromatic carbocycles. The second-order valence-corrected chi connectivity index (χ2v) is 15.2. The molecule has 0 aliphatic rings. The molecule has 0 aliphatic carbocycles. The van der Waals surface area contributed by atoms with Crippen LogP contribution in [0.25, 0.3) is 121 Å². The lowest BCUT2D eigenvalue weighted by molar-refractivity contribution is 0.668. The van der Waals surface area contributed by atoms with Crippen LogP contribution in [0.5, 0.6) is 0 Å². The number of benzene rings is 10. The number of hydrogen-bond donors (Lipinski definition) is 0. The van der Waals surface area contributed by atoms with E-state index in [2.05, 4.69) is 182 Å². The van der Waals surface area contributed by atoms with Gasteiger partial charge in [0.15, 0.2) is 0 Å². The molecule has 270 valence electrons. The molecule has 58 heavy (non-hydrogen) atoms. The molecule has 0 N–H and O–H groups in total. The molecule has 2 aromatic heterocycles. The zero-order chi connectivity index (χ0) is 38.2. The number of para-hydroxylation sites is 2. The summed E-state index contributed by atoms with van der Waals surface area (Å²) in [6.45, 7) is 0. The molecule has 0 saturated carbocycles. The molecule has 0 atom stereocenters. The van der Waals surface area contributed by atoms with Crippen LogP contribution in [0.1, 0.15) is 0 Å². The van der Waals surface area contributed by atoms with Crippen LogP contribution in [0.4, 0.5) is 0 Å². The van der Waals surface area contributed by atoms with Crippen molar-refractivity contribution < 1.29 is 8.83 Å². The minimum atomic E-state index is 0.904. The van der Waals surface area contributed by atoms with E-state index in [4.69, 9.17) is 8.83 Å². The van der Waals surface area contributed by atoms with Crippen LogP contribution < -0.4 is 0 Å². The van der Waals surface area contributed by atoms with Crippen LogP contribution >= 0.6 is 0 Å². The largest absolute Gasteiger partial charge is 0.456 e. The van der Waals surface area contributed by atoms with Gasteiger partial charge in [-0.1, -0.05) is 152 Å². The normalized spacial score (nSPS) is 11.8. The van der Waals surface area contributed by atoms with Crippen LogP contribution in [-0.4, -0.2) is 0 Å². The summed E-state index contributed by atoms with van der Waals surface area (Å²) in [6, 6.07) is 74.4. The second kappa shape index (κ2) is 12.9. The van der Waals surface area contributed by atoms with Gasteiger partial charge in [0.2, 0.25) is 0 Å². The standard InChI is InChI=1S/C56H34O2/c1-2-12-35(13-3-1)38-24-27-47-50(34-38)56(42-17-11-15-37(31-42)40-26-29-54-49(33-40)44-19-7-9-23-52(44)58-54)46-21-5-4-20-45(46)55(47)41-16-10-14-36(30-41)39-25-28-53-48(32-39)43-18-6-8-22-51(43)57-53/h1-34H. The Bertz CT molecular complexity index is 3570. The van der Waals surface area contributed by atoms with E-state index in [0.717, 1.165) is 55.0 Å². The smallest absolute Gasteiger partial charge is 0.135 e. The summed E-state index contributed by atoms with van der Waals surface area (Å²) in [6.07, 6.45) is 0. The van der Waals surface area contributed by atoms with Crippen LogP contribution in [-0.2, 0) is 0 Å². The van der Waals surface area contributed by atoms with Crippen LogP contribution in [0.3, 0.4) is 0 Å². The topological polar surface area (TPSA) is 26.3 Å². The third-order valence-corrected chi connectivity index (χ3v) is 11.9. The number of fused-ring (bicyclic) bond motifs is 8. The highest BCUT2D eigenvalue weighted by Crippen LogP contribution is 2.46. The van der Waals surface area contributed by atoms with Gasteiger partial charge in [-0.25, -0.2) is 0 Å². The quantitative estimate of drug-likeness (QED) is 0.164. The Morgan fingerprint density at radius 1 is 0.190 bits per heavy atom. The van der Waals surface area contributed by atoms with Gasteiger partial charge in [0.25, 0.3) is 0 Å². The van der Waals surface area contributed by atoms with E-state index in [1.165, 1.54) is 66.1 Å². The maximum absolute atomic E-state index is 6.19. The summed E-state index contributed by atoms with van der Waals surface area (Å²) in [7, 11) is 0. The van der Waals surface area contributed by atoms with E-state index >= 15 is 0 Å². The molecule has 0 fully saturated rings. The van der Waals surface area contributed by atoms with E-state index in [1.54, 1.807) is 0 Å². The molecule has 2 heterocycles. The van der Waals surface area contributed by atoms with Crippen molar-refractivity contribution in [3.8, 4) is 55.6 Å². The highest BCUT2D eigenvalue weighted by Gasteiger charge is 2.19. The molecule has 12 rings (SSSR count). The van der Waals surface area contributed by atoms with Gasteiger partial charge in [-0.2, -0.15) is 0 Å². The van der Waals surface area contributed by atoms with E-state index in [0.29, 0.717) is 0 Å². The van der Waals surface area contributed by atoms with Crippen molar-refractivity contribution in [2.24, 2.45) is 0 Å². The maximum Gasteiger partial charge on any atom is 0.135 e. The number of hydrogen-bond acceptors (Lipinski definition) is 2. The highest BCUT2D eigenvalue weighted by atomic mass is 16.3. The second-order valence-electron chi connectivity index (χ2n) is 15.2. The fraction of sp³-hybridized carbons (Fsp3) is 0. The van der Waals surface area contributed by atoms with E-state index in [1.807, 2.05) is 24.3 Å². The first-order chi connectivity index (χ1) is 28.7. The Kier molecular flexibility index (Phi) is 7.26. The van der Waals surface area contributed by atoms with Gasteiger partial charge in [-0.05, 0) is 132 Å². The zero-order valence-electron chi connectivity index (χ0n) is 31.4. The summed E-state index contributed by atoms with van der Waals surface area (Å²) in [4.78, 5) is 0. The van der Waals surface area contributed by atoms with Crippen molar-refractivity contribution >= 4 is 65.4 Å². The fourth-order valence-electron chi connectivity index (χ4n) is 9.13. The number of furan rings is 2. The molecule has 12 aromatic rings. The minimum absolute atomic E-state index is 0.904. The van der Waals surface area contributed by atoms with Crippen molar-refractivity contribution in [1.29, 1.82) is 0 Å². The predicted molar refractivity (Wildman–Crippen MR) is 243 cm³/mol. The van der Waals surface area contributed by atoms with E-state index < -0.39 is 0 Å². The van der Waals surface area contributed by atoms with Crippen molar-refractivity contribution in [1.82, 2.24) is 0 Å². The van der Waals surface area contributed by atoms with Crippen molar-refractivity contribution in [3.63, 3.8) is 0 Å². The van der Waals surface area contributed by atoms with Crippen LogP contribution in [0, 0.1) is 0 Å². The molecule has 0 amide bonds. The van der Waals surface area contributed by atoms with Gasteiger partial charge >= 0.3 is 0 Å². The van der Waals surface area contributed by atoms with Crippen molar-refractivity contribution in [2.45, 2.75) is 0 Å². The first-order valence-corrected chi connectivity index (χ1v) is 19.8. The Labute approximate surface area is 334 Å². The lowest BCUT2D eigenvalue weighted by Crippen LogP contribution is -1.92. The van der Waals surface area contributed by atoms with E-state index in [9.17, 15) is 0 Å². The fourth-order valence-corrected chi connectivity index (χ4v) is 9.13. The molecule has 0 aliphatic heterocycles. The van der Waals surface area contributed by atoms with Gasteiger partial charge in [0.1, 0.15) is 22.3 Å². The molecule has 0 bridgehead atoms. The third-order valence-electron chi connectivity index (χ3n) is 11.9. The van der Waals surface area contributed by atoms with Gasteiger partial charge in [0, 0.05) is 21.5 Å². The molecule has 2 nitrogen and oxygen atoms in total. The number of rotatable bonds is 5. The van der Waals surface area contributed by atoms with Crippen molar-refractivity contribution in [2.75, 3.05) is 0 Å². The first-order valence-electron chi connectivity index (χ1n) is 19.8. The average Bonchev–Trinajstić information content (AvgIpc) is 3.86. The lowest BCUT2D eigenvalue weighted by Gasteiger charge is -2.19. The molecule has 0 radical (unpaired) electrons. The van der Waals surface area contributed by atoms with Crippen molar-refractivity contribution in [3.05, 3.63) is 206 Å². The monoisotopic (exact) mass is 738 g/mol. The molecular formula is C56H34O2. The third kappa shape index (κ3) is 5.19. The first kappa shape index (κ1) is 32.6. The van der Waals surface area contributed by atoms with Crippen LogP contribution in [0.15, 0.2) is 215 Å². The molecule has 2 heteroatoms. The summed E-state index contributed by atoms with van der Waals surface area (Å²) in [5, 5.41) is 9.42. The summed E-state index contributed by atoms with van der Waals surface area (Å²) in [5.74, 6) is 0. The SMILES string of the molecule is c1ccc(-c2ccc3c(-c4cccc(-c5ccc6oc7ccccc7c6c5)c4)c4ccccc4c(-c4cccc(-c5ccc6oc7ccccc7c6c5)c4)c3c2)cc1. The summed E-state index contributed by atoms with van der Waals surface area (Å²) in [5.41, 5.74) is 15.5. The maximum atomic E-state index is 6.19. The van der Waals surface area contributed by atoms with Gasteiger partial charge in [-0.3, -0.25) is 0 Å². The van der Waals surface area contributed by atoms with Gasteiger partial charge in [-0.15, -0.1) is 0 Å². The Balaban J connectivity index is 1.08. The van der Waals surface area contributed by atoms with E-state index in [-0.39, 0.29) is 0 Å². The molecule has 0 spiro atoms.